The molecule has 166 valence electrons. The zero-order valence-electron chi connectivity index (χ0n) is 16.1. The minimum Gasteiger partial charge on any atom is -0.483 e. The fourth-order valence-electron chi connectivity index (χ4n) is 2.72. The van der Waals surface area contributed by atoms with Gasteiger partial charge >= 0.3 is 0 Å². The lowest BCUT2D eigenvalue weighted by Gasteiger charge is -2.09. The number of ether oxygens (including phenoxy) is 1. The highest BCUT2D eigenvalue weighted by Crippen LogP contribution is 2.36. The molecule has 1 amide bonds. The normalized spacial score (nSPS) is 10.6. The largest absolute Gasteiger partial charge is 0.483 e. The summed E-state index contributed by atoms with van der Waals surface area (Å²) in [6.45, 7) is 1.13. The highest BCUT2D eigenvalue weighted by atomic mass is 35.5. The lowest BCUT2D eigenvalue weighted by molar-refractivity contribution is -0.395. The van der Waals surface area contributed by atoms with Crippen LogP contribution in [0.4, 0.5) is 17.1 Å². The van der Waals surface area contributed by atoms with Crippen molar-refractivity contribution < 1.29 is 23.8 Å². The van der Waals surface area contributed by atoms with Gasteiger partial charge in [0.2, 0.25) is 0 Å². The molecule has 0 saturated carbocycles. The van der Waals surface area contributed by atoms with Crippen molar-refractivity contribution in [2.24, 2.45) is 0 Å². The van der Waals surface area contributed by atoms with E-state index in [4.69, 9.17) is 44.0 Å². The number of amides is 1. The van der Waals surface area contributed by atoms with Crippen molar-refractivity contribution in [3.8, 4) is 5.75 Å². The topological polar surface area (TPSA) is 138 Å². The van der Waals surface area contributed by atoms with Gasteiger partial charge in [0, 0.05) is 17.2 Å². The number of carbonyl (C=O) groups is 1. The lowest BCUT2D eigenvalue weighted by atomic mass is 10.1. The molecule has 0 bridgehead atoms. The lowest BCUT2D eigenvalue weighted by Crippen LogP contribution is -2.12. The first-order valence-electron chi connectivity index (χ1n) is 8.67. The van der Waals surface area contributed by atoms with Gasteiger partial charge in [-0.2, -0.15) is 0 Å². The van der Waals surface area contributed by atoms with E-state index >= 15 is 0 Å². The second kappa shape index (κ2) is 9.43. The van der Waals surface area contributed by atoms with Crippen LogP contribution in [-0.2, 0) is 6.61 Å². The van der Waals surface area contributed by atoms with Crippen LogP contribution in [0.15, 0.2) is 40.8 Å². The maximum Gasteiger partial charge on any atom is 0.291 e. The molecule has 1 heterocycles. The minimum absolute atomic E-state index is 0.115. The van der Waals surface area contributed by atoms with Crippen LogP contribution in [0.5, 0.6) is 5.75 Å². The monoisotopic (exact) mass is 499 g/mol. The van der Waals surface area contributed by atoms with Crippen molar-refractivity contribution in [2.75, 3.05) is 5.32 Å². The molecule has 0 saturated heterocycles. The number of rotatable bonds is 7. The Kier molecular flexibility index (Phi) is 6.87. The number of nitrogens with zero attached hydrogens (tertiary/aromatic N) is 2. The Labute approximate surface area is 194 Å². The van der Waals surface area contributed by atoms with Gasteiger partial charge in [-0.05, 0) is 31.2 Å². The van der Waals surface area contributed by atoms with Gasteiger partial charge in [0.15, 0.2) is 11.5 Å². The predicted molar refractivity (Wildman–Crippen MR) is 117 cm³/mol. The van der Waals surface area contributed by atoms with E-state index in [0.717, 1.165) is 12.1 Å². The number of furan rings is 1. The van der Waals surface area contributed by atoms with Crippen LogP contribution in [0, 0.1) is 27.2 Å². The molecule has 0 atom stereocenters. The van der Waals surface area contributed by atoms with E-state index in [1.165, 1.54) is 31.2 Å². The van der Waals surface area contributed by atoms with Crippen LogP contribution in [0.25, 0.3) is 0 Å². The molecule has 0 radical (unpaired) electrons. The third kappa shape index (κ3) is 5.10. The van der Waals surface area contributed by atoms with Gasteiger partial charge in [0.05, 0.1) is 25.6 Å². The van der Waals surface area contributed by atoms with Crippen molar-refractivity contribution in [1.29, 1.82) is 0 Å². The summed E-state index contributed by atoms with van der Waals surface area (Å²) in [6.07, 6.45) is 0. The average molecular weight is 501 g/mol. The third-order valence-electron chi connectivity index (χ3n) is 4.21. The van der Waals surface area contributed by atoms with E-state index in [0.29, 0.717) is 5.02 Å². The fourth-order valence-corrected chi connectivity index (χ4v) is 3.64. The van der Waals surface area contributed by atoms with Crippen LogP contribution in [0.1, 0.15) is 21.9 Å². The van der Waals surface area contributed by atoms with Gasteiger partial charge in [0.25, 0.3) is 17.3 Å². The molecule has 13 heteroatoms. The Balaban J connectivity index is 1.75. The number of carbonyl (C=O) groups excluding carboxylic acids is 1. The maximum absolute atomic E-state index is 12.5. The molecule has 3 aromatic rings. The summed E-state index contributed by atoms with van der Waals surface area (Å²) in [5.41, 5.74) is -1.26. The van der Waals surface area contributed by atoms with Crippen LogP contribution in [0.3, 0.4) is 0 Å². The van der Waals surface area contributed by atoms with Crippen LogP contribution < -0.4 is 10.1 Å². The third-order valence-corrected chi connectivity index (χ3v) is 4.99. The molecule has 10 nitrogen and oxygen atoms in total. The maximum atomic E-state index is 12.5. The summed E-state index contributed by atoms with van der Waals surface area (Å²) < 4.78 is 10.9. The first kappa shape index (κ1) is 23.3. The molecule has 0 spiro atoms. The number of nitro groups is 2. The SMILES string of the molecule is Cc1c([N+](=O)[O-])cc(NC(=O)c2ccc(COc3c(Cl)cc(Cl)cc3Cl)o2)cc1[N+](=O)[O-]. The second-order valence-corrected chi connectivity index (χ2v) is 7.61. The number of nitrogens with one attached hydrogen (secondary N) is 1. The number of nitro benzene ring substituents is 2. The average Bonchev–Trinajstić information content (AvgIpc) is 3.17. The van der Waals surface area contributed by atoms with E-state index < -0.39 is 27.1 Å². The van der Waals surface area contributed by atoms with Gasteiger partial charge < -0.3 is 14.5 Å². The number of halogens is 3. The molecule has 0 aliphatic carbocycles. The Hall–Kier alpha value is -3.34. The molecule has 2 aromatic carbocycles. The van der Waals surface area contributed by atoms with Crippen molar-refractivity contribution in [3.63, 3.8) is 0 Å². The first-order chi connectivity index (χ1) is 15.1. The summed E-state index contributed by atoms with van der Waals surface area (Å²) in [4.78, 5) is 33.3. The molecular formula is C19H12Cl3N3O7. The number of benzene rings is 2. The van der Waals surface area contributed by atoms with Gasteiger partial charge in [-0.3, -0.25) is 25.0 Å². The molecule has 32 heavy (non-hydrogen) atoms. The van der Waals surface area contributed by atoms with E-state index in [2.05, 4.69) is 5.32 Å². The van der Waals surface area contributed by atoms with Gasteiger partial charge in [-0.1, -0.05) is 34.8 Å². The van der Waals surface area contributed by atoms with Crippen LogP contribution >= 0.6 is 34.8 Å². The quantitative estimate of drug-likeness (QED) is 0.301. The van der Waals surface area contributed by atoms with E-state index in [1.54, 1.807) is 0 Å². The van der Waals surface area contributed by atoms with E-state index in [1.807, 2.05) is 0 Å². The highest BCUT2D eigenvalue weighted by molar-refractivity contribution is 6.40. The molecule has 1 aromatic heterocycles. The number of hydrogen-bond acceptors (Lipinski definition) is 7. The van der Waals surface area contributed by atoms with Gasteiger partial charge in [-0.15, -0.1) is 0 Å². The van der Waals surface area contributed by atoms with Gasteiger partial charge in [-0.25, -0.2) is 0 Å². The molecular weight excluding hydrogens is 489 g/mol. The molecule has 0 unspecified atom stereocenters. The van der Waals surface area contributed by atoms with Crippen molar-refractivity contribution in [2.45, 2.75) is 13.5 Å². The van der Waals surface area contributed by atoms with Crippen molar-refractivity contribution in [3.05, 3.63) is 88.8 Å². The summed E-state index contributed by atoms with van der Waals surface area (Å²) in [5.74, 6) is -0.494. The molecule has 1 N–H and O–H groups in total. The number of anilines is 1. The zero-order chi connectivity index (χ0) is 23.6. The summed E-state index contributed by atoms with van der Waals surface area (Å²) in [5, 5.41) is 25.4. The molecule has 0 aliphatic heterocycles. The summed E-state index contributed by atoms with van der Waals surface area (Å²) in [7, 11) is 0. The molecule has 3 rings (SSSR count). The number of hydrogen-bond donors (Lipinski definition) is 1. The first-order valence-corrected chi connectivity index (χ1v) is 9.81. The summed E-state index contributed by atoms with van der Waals surface area (Å²) in [6, 6.07) is 7.76. The zero-order valence-corrected chi connectivity index (χ0v) is 18.3. The van der Waals surface area contributed by atoms with Crippen LogP contribution in [0.2, 0.25) is 15.1 Å². The Morgan fingerprint density at radius 1 is 1.03 bits per heavy atom. The van der Waals surface area contributed by atoms with E-state index in [-0.39, 0.29) is 45.2 Å². The standard InChI is InChI=1S/C19H12Cl3N3O7/c1-9-15(24(27)28)6-11(7-16(9)25(29)30)23-19(26)17-3-2-12(32-17)8-31-18-13(21)4-10(20)5-14(18)22/h2-7H,8H2,1H3,(H,23,26). The smallest absolute Gasteiger partial charge is 0.291 e. The molecule has 0 aliphatic rings. The van der Waals surface area contributed by atoms with Crippen LogP contribution in [-0.4, -0.2) is 15.8 Å². The minimum atomic E-state index is -0.772. The second-order valence-electron chi connectivity index (χ2n) is 6.36. The van der Waals surface area contributed by atoms with Gasteiger partial charge in [0.1, 0.15) is 17.9 Å². The Morgan fingerprint density at radius 3 is 2.12 bits per heavy atom. The Morgan fingerprint density at radius 2 is 1.59 bits per heavy atom. The summed E-state index contributed by atoms with van der Waals surface area (Å²) >= 11 is 17.9. The highest BCUT2D eigenvalue weighted by Gasteiger charge is 2.24. The van der Waals surface area contributed by atoms with Crippen molar-refractivity contribution >= 4 is 57.8 Å². The predicted octanol–water partition coefficient (Wildman–Crippen LogP) is 6.20. The van der Waals surface area contributed by atoms with E-state index in [9.17, 15) is 25.0 Å². The molecule has 0 fully saturated rings. The van der Waals surface area contributed by atoms with Crippen molar-refractivity contribution in [1.82, 2.24) is 0 Å². The fraction of sp³-hybridized carbons (Fsp3) is 0.105. The Bertz CT molecular complexity index is 1180.